The maximum atomic E-state index is 9.70. The third kappa shape index (κ3) is 2.73. The van der Waals surface area contributed by atoms with E-state index in [1.54, 1.807) is 0 Å². The molecule has 0 aromatic carbocycles. The van der Waals surface area contributed by atoms with Crippen molar-refractivity contribution in [2.45, 2.75) is 38.8 Å². The standard InChI is InChI=1S/C12H19N3O2/c1-3-8-5-13-9(4-2)12(14-8)15-10-6-17-7-11(10)16/h5,10-11,16H,3-4,6-7H2,1-2H3,(H,14,15). The van der Waals surface area contributed by atoms with E-state index in [0.717, 1.165) is 30.0 Å². The lowest BCUT2D eigenvalue weighted by Gasteiger charge is -2.17. The van der Waals surface area contributed by atoms with Gasteiger partial charge in [-0.15, -0.1) is 0 Å². The zero-order chi connectivity index (χ0) is 12.3. The summed E-state index contributed by atoms with van der Waals surface area (Å²) >= 11 is 0. The molecule has 2 rings (SSSR count). The molecule has 2 heterocycles. The summed E-state index contributed by atoms with van der Waals surface area (Å²) in [5, 5.41) is 12.9. The predicted octanol–water partition coefficient (Wildman–Crippen LogP) is 0.773. The van der Waals surface area contributed by atoms with Gasteiger partial charge in [-0.2, -0.15) is 0 Å². The van der Waals surface area contributed by atoms with E-state index < -0.39 is 6.10 Å². The minimum absolute atomic E-state index is 0.0818. The topological polar surface area (TPSA) is 67.3 Å². The van der Waals surface area contributed by atoms with Crippen LogP contribution in [0.25, 0.3) is 0 Å². The van der Waals surface area contributed by atoms with E-state index in [1.165, 1.54) is 0 Å². The molecule has 0 saturated carbocycles. The van der Waals surface area contributed by atoms with Gasteiger partial charge in [0.05, 0.1) is 36.7 Å². The van der Waals surface area contributed by atoms with Crippen molar-refractivity contribution in [2.75, 3.05) is 18.5 Å². The van der Waals surface area contributed by atoms with Gasteiger partial charge in [0.2, 0.25) is 0 Å². The quantitative estimate of drug-likeness (QED) is 0.809. The third-order valence-corrected chi connectivity index (χ3v) is 2.97. The van der Waals surface area contributed by atoms with Gasteiger partial charge in [0.25, 0.3) is 0 Å². The van der Waals surface area contributed by atoms with Crippen LogP contribution in [-0.4, -0.2) is 40.4 Å². The van der Waals surface area contributed by atoms with Crippen molar-refractivity contribution in [3.8, 4) is 0 Å². The van der Waals surface area contributed by atoms with Crippen LogP contribution in [0.1, 0.15) is 25.2 Å². The van der Waals surface area contributed by atoms with Crippen LogP contribution in [0.15, 0.2) is 6.20 Å². The van der Waals surface area contributed by atoms with Crippen molar-refractivity contribution in [1.29, 1.82) is 0 Å². The number of rotatable bonds is 4. The second-order valence-electron chi connectivity index (χ2n) is 4.22. The minimum Gasteiger partial charge on any atom is -0.388 e. The van der Waals surface area contributed by atoms with Crippen LogP contribution in [0.4, 0.5) is 5.82 Å². The number of nitrogens with zero attached hydrogens (tertiary/aromatic N) is 2. The van der Waals surface area contributed by atoms with E-state index in [2.05, 4.69) is 15.3 Å². The second kappa shape index (κ2) is 5.42. The molecule has 0 bridgehead atoms. The SMILES string of the molecule is CCc1cnc(CC)c(NC2COCC2O)n1. The van der Waals surface area contributed by atoms with Crippen molar-refractivity contribution in [3.63, 3.8) is 0 Å². The Morgan fingerprint density at radius 2 is 2.24 bits per heavy atom. The minimum atomic E-state index is -0.466. The number of nitrogens with one attached hydrogen (secondary N) is 1. The number of aryl methyl sites for hydroxylation is 2. The number of hydrogen-bond acceptors (Lipinski definition) is 5. The van der Waals surface area contributed by atoms with E-state index in [-0.39, 0.29) is 6.04 Å². The van der Waals surface area contributed by atoms with Gasteiger partial charge in [-0.05, 0) is 12.8 Å². The fraction of sp³-hybridized carbons (Fsp3) is 0.667. The van der Waals surface area contributed by atoms with Crippen LogP contribution in [0.5, 0.6) is 0 Å². The van der Waals surface area contributed by atoms with Crippen LogP contribution in [0.2, 0.25) is 0 Å². The largest absolute Gasteiger partial charge is 0.388 e. The Morgan fingerprint density at radius 1 is 1.41 bits per heavy atom. The molecular formula is C12H19N3O2. The number of aliphatic hydroxyl groups is 1. The molecule has 5 nitrogen and oxygen atoms in total. The van der Waals surface area contributed by atoms with E-state index in [1.807, 2.05) is 20.0 Å². The van der Waals surface area contributed by atoms with E-state index in [0.29, 0.717) is 13.2 Å². The van der Waals surface area contributed by atoms with Crippen molar-refractivity contribution in [2.24, 2.45) is 0 Å². The molecule has 1 saturated heterocycles. The molecule has 0 aliphatic carbocycles. The highest BCUT2D eigenvalue weighted by atomic mass is 16.5. The van der Waals surface area contributed by atoms with Crippen molar-refractivity contribution in [3.05, 3.63) is 17.6 Å². The Bertz CT molecular complexity index is 384. The van der Waals surface area contributed by atoms with Crippen molar-refractivity contribution >= 4 is 5.82 Å². The first-order valence-electron chi connectivity index (χ1n) is 6.11. The Kier molecular flexibility index (Phi) is 3.91. The van der Waals surface area contributed by atoms with Crippen LogP contribution < -0.4 is 5.32 Å². The molecule has 0 spiro atoms. The predicted molar refractivity (Wildman–Crippen MR) is 65.0 cm³/mol. The molecule has 2 N–H and O–H groups in total. The maximum Gasteiger partial charge on any atom is 0.148 e. The molecule has 0 amide bonds. The number of ether oxygens (including phenoxy) is 1. The van der Waals surface area contributed by atoms with E-state index in [4.69, 9.17) is 4.74 Å². The van der Waals surface area contributed by atoms with Gasteiger partial charge in [-0.25, -0.2) is 4.98 Å². The van der Waals surface area contributed by atoms with E-state index in [9.17, 15) is 5.11 Å². The summed E-state index contributed by atoms with van der Waals surface area (Å²) in [5.74, 6) is 0.779. The van der Waals surface area contributed by atoms with Gasteiger partial charge in [-0.1, -0.05) is 13.8 Å². The molecular weight excluding hydrogens is 218 g/mol. The number of hydrogen-bond donors (Lipinski definition) is 2. The molecule has 1 aliphatic rings. The zero-order valence-electron chi connectivity index (χ0n) is 10.3. The summed E-state index contributed by atoms with van der Waals surface area (Å²) in [6.45, 7) is 5.00. The summed E-state index contributed by atoms with van der Waals surface area (Å²) in [4.78, 5) is 8.91. The monoisotopic (exact) mass is 237 g/mol. The summed E-state index contributed by atoms with van der Waals surface area (Å²) in [7, 11) is 0. The average Bonchev–Trinajstić information content (AvgIpc) is 2.75. The lowest BCUT2D eigenvalue weighted by atomic mass is 10.2. The number of aliphatic hydroxyl groups excluding tert-OH is 1. The van der Waals surface area contributed by atoms with Gasteiger partial charge in [0, 0.05) is 6.20 Å². The Balaban J connectivity index is 2.17. The average molecular weight is 237 g/mol. The van der Waals surface area contributed by atoms with Crippen LogP contribution in [0, 0.1) is 0 Å². The van der Waals surface area contributed by atoms with E-state index >= 15 is 0 Å². The zero-order valence-corrected chi connectivity index (χ0v) is 10.3. The smallest absolute Gasteiger partial charge is 0.148 e. The van der Waals surface area contributed by atoms with Gasteiger partial charge in [0.15, 0.2) is 0 Å². The third-order valence-electron chi connectivity index (χ3n) is 2.97. The molecule has 1 aliphatic heterocycles. The molecule has 5 heteroatoms. The second-order valence-corrected chi connectivity index (χ2v) is 4.22. The molecule has 1 fully saturated rings. The number of anilines is 1. The fourth-order valence-electron chi connectivity index (χ4n) is 1.85. The highest BCUT2D eigenvalue weighted by Gasteiger charge is 2.27. The Hall–Kier alpha value is -1.20. The first-order chi connectivity index (χ1) is 8.24. The van der Waals surface area contributed by atoms with Crippen LogP contribution in [-0.2, 0) is 17.6 Å². The van der Waals surface area contributed by atoms with Crippen molar-refractivity contribution < 1.29 is 9.84 Å². The molecule has 1 aromatic heterocycles. The van der Waals surface area contributed by atoms with Gasteiger partial charge in [0.1, 0.15) is 5.82 Å². The highest BCUT2D eigenvalue weighted by Crippen LogP contribution is 2.16. The van der Waals surface area contributed by atoms with Gasteiger partial charge in [-0.3, -0.25) is 4.98 Å². The summed E-state index contributed by atoms with van der Waals surface area (Å²) in [5.41, 5.74) is 1.89. The van der Waals surface area contributed by atoms with Crippen molar-refractivity contribution in [1.82, 2.24) is 9.97 Å². The normalized spacial score (nSPS) is 23.9. The lowest BCUT2D eigenvalue weighted by Crippen LogP contribution is -2.32. The van der Waals surface area contributed by atoms with Gasteiger partial charge < -0.3 is 15.2 Å². The molecule has 2 atom stereocenters. The highest BCUT2D eigenvalue weighted by molar-refractivity contribution is 5.42. The number of aromatic nitrogens is 2. The fourth-order valence-corrected chi connectivity index (χ4v) is 1.85. The first-order valence-corrected chi connectivity index (χ1v) is 6.11. The first kappa shape index (κ1) is 12.3. The maximum absolute atomic E-state index is 9.70. The Labute approximate surface area is 101 Å². The molecule has 2 unspecified atom stereocenters. The molecule has 0 radical (unpaired) electrons. The molecule has 1 aromatic rings. The molecule has 17 heavy (non-hydrogen) atoms. The molecule has 94 valence electrons. The van der Waals surface area contributed by atoms with Crippen LogP contribution >= 0.6 is 0 Å². The summed E-state index contributed by atoms with van der Waals surface area (Å²) in [6.07, 6.45) is 3.02. The Morgan fingerprint density at radius 3 is 2.82 bits per heavy atom. The lowest BCUT2D eigenvalue weighted by molar-refractivity contribution is 0.125. The van der Waals surface area contributed by atoms with Crippen LogP contribution in [0.3, 0.4) is 0 Å². The summed E-state index contributed by atoms with van der Waals surface area (Å²) in [6, 6.07) is -0.0818. The van der Waals surface area contributed by atoms with Gasteiger partial charge >= 0.3 is 0 Å². The summed E-state index contributed by atoms with van der Waals surface area (Å²) < 4.78 is 5.21.